The Morgan fingerprint density at radius 2 is 0.955 bits per heavy atom. The van der Waals surface area contributed by atoms with Crippen molar-refractivity contribution >= 4 is 134 Å². The number of rotatable bonds is 4. The lowest BCUT2D eigenvalue weighted by Crippen LogP contribution is -2.45. The lowest BCUT2D eigenvalue weighted by Gasteiger charge is -2.33. The number of nitrogens with one attached hydrogen (secondary N) is 2. The van der Waals surface area contributed by atoms with E-state index in [1.54, 1.807) is 0 Å². The Bertz CT molecular complexity index is 4300. The fraction of sp³-hybridized carbons (Fsp3) is 0.0339. The topological polar surface area (TPSA) is 54.5 Å². The van der Waals surface area contributed by atoms with E-state index in [0.29, 0.717) is 0 Å². The van der Waals surface area contributed by atoms with Gasteiger partial charge in [-0.3, -0.25) is 5.32 Å². The number of fused-ring (bicyclic) bond motifs is 14. The number of para-hydroxylation sites is 1. The Kier molecular flexibility index (Phi) is 7.66. The molecule has 0 spiro atoms. The van der Waals surface area contributed by atoms with Crippen LogP contribution in [0.3, 0.4) is 0 Å². The van der Waals surface area contributed by atoms with Crippen LogP contribution in [0.15, 0.2) is 204 Å². The number of aliphatic imine (C=N–C) groups is 1. The number of amidine groups is 1. The van der Waals surface area contributed by atoms with E-state index in [1.807, 2.05) is 22.7 Å². The Morgan fingerprint density at radius 3 is 1.61 bits per heavy atom. The quantitative estimate of drug-likeness (QED) is 0.185. The molecular formula is C59H36N4OS2. The summed E-state index contributed by atoms with van der Waals surface area (Å²) < 4.78 is 14.6. The monoisotopic (exact) mass is 880 g/mol. The first-order valence-electron chi connectivity index (χ1n) is 22.4. The van der Waals surface area contributed by atoms with E-state index in [4.69, 9.17) is 9.41 Å². The first-order chi connectivity index (χ1) is 32.7. The van der Waals surface area contributed by atoms with Crippen LogP contribution >= 0.6 is 22.7 Å². The Morgan fingerprint density at radius 1 is 0.439 bits per heavy atom. The van der Waals surface area contributed by atoms with Gasteiger partial charge in [0.2, 0.25) is 0 Å². The fourth-order valence-electron chi connectivity index (χ4n) is 10.7. The van der Waals surface area contributed by atoms with Gasteiger partial charge in [-0.2, -0.15) is 0 Å². The molecule has 5 nitrogen and oxygen atoms in total. The molecule has 0 fully saturated rings. The molecule has 310 valence electrons. The molecule has 0 saturated heterocycles. The van der Waals surface area contributed by atoms with Gasteiger partial charge in [-0.25, -0.2) is 4.99 Å². The predicted octanol–water partition coefficient (Wildman–Crippen LogP) is 16.1. The third-order valence-corrected chi connectivity index (χ3v) is 16.1. The summed E-state index contributed by atoms with van der Waals surface area (Å²) in [6, 6.07) is 70.8. The van der Waals surface area contributed by atoms with Crippen LogP contribution in [-0.2, 0) is 0 Å². The normalized spacial score (nSPS) is 15.7. The van der Waals surface area contributed by atoms with Crippen LogP contribution in [0, 0.1) is 0 Å². The Hall–Kier alpha value is -7.81. The van der Waals surface area contributed by atoms with Gasteiger partial charge in [-0.05, 0) is 99.4 Å². The number of nitrogens with zero attached hydrogens (tertiary/aromatic N) is 2. The van der Waals surface area contributed by atoms with E-state index in [-0.39, 0.29) is 12.3 Å². The van der Waals surface area contributed by atoms with Crippen LogP contribution < -0.4 is 10.6 Å². The molecule has 66 heavy (non-hydrogen) atoms. The second-order valence-electron chi connectivity index (χ2n) is 17.5. The maximum absolute atomic E-state index is 7.07. The van der Waals surface area contributed by atoms with E-state index >= 15 is 0 Å². The highest BCUT2D eigenvalue weighted by Gasteiger charge is 2.30. The summed E-state index contributed by atoms with van der Waals surface area (Å²) in [5.74, 6) is 0.797. The molecule has 4 aromatic heterocycles. The van der Waals surface area contributed by atoms with Crippen molar-refractivity contribution in [2.24, 2.45) is 4.99 Å². The maximum Gasteiger partial charge on any atom is 0.160 e. The highest BCUT2D eigenvalue weighted by molar-refractivity contribution is 7.26. The van der Waals surface area contributed by atoms with Gasteiger partial charge in [0, 0.05) is 67.5 Å². The van der Waals surface area contributed by atoms with E-state index in [9.17, 15) is 0 Å². The van der Waals surface area contributed by atoms with Crippen molar-refractivity contribution in [2.45, 2.75) is 12.3 Å². The van der Waals surface area contributed by atoms with E-state index in [2.05, 4.69) is 209 Å². The minimum atomic E-state index is -0.357. The van der Waals surface area contributed by atoms with Gasteiger partial charge in [0.15, 0.2) is 5.58 Å². The van der Waals surface area contributed by atoms with Crippen LogP contribution in [0.25, 0.3) is 111 Å². The lowest BCUT2D eigenvalue weighted by atomic mass is 10.0. The van der Waals surface area contributed by atoms with E-state index in [0.717, 1.165) is 61.2 Å². The molecule has 0 bridgehead atoms. The fourth-order valence-corrected chi connectivity index (χ4v) is 13.0. The molecule has 1 aliphatic rings. The minimum absolute atomic E-state index is 0.263. The molecule has 0 amide bonds. The zero-order valence-electron chi connectivity index (χ0n) is 35.2. The van der Waals surface area contributed by atoms with Gasteiger partial charge in [0.1, 0.15) is 29.4 Å². The zero-order chi connectivity index (χ0) is 43.0. The molecule has 14 aromatic rings. The summed E-state index contributed by atoms with van der Waals surface area (Å²) in [4.78, 5) is 5.69. The summed E-state index contributed by atoms with van der Waals surface area (Å²) in [6.07, 6.45) is -0.621. The van der Waals surface area contributed by atoms with Gasteiger partial charge in [-0.15, -0.1) is 22.7 Å². The molecule has 7 heteroatoms. The largest absolute Gasteiger partial charge is 0.454 e. The Balaban J connectivity index is 1.01. The van der Waals surface area contributed by atoms with Crippen LogP contribution in [0.1, 0.15) is 29.0 Å². The van der Waals surface area contributed by atoms with Gasteiger partial charge in [0.05, 0.1) is 11.0 Å². The molecule has 2 unspecified atom stereocenters. The highest BCUT2D eigenvalue weighted by atomic mass is 32.1. The van der Waals surface area contributed by atoms with Crippen molar-refractivity contribution < 1.29 is 4.42 Å². The highest BCUT2D eigenvalue weighted by Crippen LogP contribution is 2.44. The molecule has 0 aliphatic carbocycles. The molecular weight excluding hydrogens is 845 g/mol. The number of furan rings is 1. The van der Waals surface area contributed by atoms with E-state index < -0.39 is 0 Å². The van der Waals surface area contributed by atoms with Crippen LogP contribution in [0.2, 0.25) is 0 Å². The van der Waals surface area contributed by atoms with Crippen LogP contribution in [0.4, 0.5) is 0 Å². The van der Waals surface area contributed by atoms with Gasteiger partial charge >= 0.3 is 0 Å². The zero-order valence-corrected chi connectivity index (χ0v) is 36.9. The molecule has 2 atom stereocenters. The number of benzene rings is 10. The second-order valence-corrected chi connectivity index (χ2v) is 19.7. The summed E-state index contributed by atoms with van der Waals surface area (Å²) in [5.41, 5.74) is 8.08. The Labute approximate surface area is 385 Å². The summed E-state index contributed by atoms with van der Waals surface area (Å²) >= 11 is 3.68. The molecule has 5 heterocycles. The third-order valence-electron chi connectivity index (χ3n) is 13.8. The predicted molar refractivity (Wildman–Crippen MR) is 280 cm³/mol. The van der Waals surface area contributed by atoms with Crippen molar-refractivity contribution in [3.05, 3.63) is 211 Å². The summed E-state index contributed by atoms with van der Waals surface area (Å²) in [6.45, 7) is 0. The van der Waals surface area contributed by atoms with Gasteiger partial charge in [0.25, 0.3) is 0 Å². The van der Waals surface area contributed by atoms with Crippen molar-refractivity contribution in [1.82, 2.24) is 15.2 Å². The average Bonchev–Trinajstić information content (AvgIpc) is 4.13. The first-order valence-corrected chi connectivity index (χ1v) is 24.0. The van der Waals surface area contributed by atoms with E-state index in [1.165, 1.54) is 72.7 Å². The third kappa shape index (κ3) is 5.39. The first kappa shape index (κ1) is 36.5. The van der Waals surface area contributed by atoms with Crippen LogP contribution in [-0.4, -0.2) is 10.4 Å². The van der Waals surface area contributed by atoms with Gasteiger partial charge in [-0.1, -0.05) is 127 Å². The van der Waals surface area contributed by atoms with Crippen molar-refractivity contribution in [1.29, 1.82) is 0 Å². The molecule has 10 aromatic carbocycles. The van der Waals surface area contributed by atoms with Crippen molar-refractivity contribution in [3.63, 3.8) is 0 Å². The van der Waals surface area contributed by atoms with Crippen LogP contribution in [0.5, 0.6) is 0 Å². The number of aromatic nitrogens is 1. The lowest BCUT2D eigenvalue weighted by molar-refractivity contribution is 0.409. The minimum Gasteiger partial charge on any atom is -0.454 e. The number of hydrogen-bond acceptors (Lipinski definition) is 6. The summed E-state index contributed by atoms with van der Waals surface area (Å²) in [5, 5.41) is 22.4. The average molecular weight is 881 g/mol. The van der Waals surface area contributed by atoms with Crippen molar-refractivity contribution in [3.8, 4) is 5.69 Å². The standard InChI is InChI=1S/C59H36N4OS2/c1-3-13-35-29-48-46(27-33(35)11-1)47-28-34-12-2-4-14-36(34)30-49(47)63(48)55-45(26-25-44-39-15-5-8-18-50(39)64-56(44)55)59-61-57(37-21-23-42-40-16-6-9-19-51(40)65-53(42)31-37)60-58(62-59)38-22-24-43-41-17-7-10-20-52(41)66-54(43)32-38/h1-32,57-58,60H,(H,61,62). The number of thiophene rings is 2. The molecule has 15 rings (SSSR count). The molecule has 1 aliphatic heterocycles. The second kappa shape index (κ2) is 13.8. The smallest absolute Gasteiger partial charge is 0.160 e. The molecule has 2 N–H and O–H groups in total. The SMILES string of the molecule is c1ccc2cc3c(cc2c1)c1cc2ccccc2cc1n3-c1c(C2=NC(c3ccc4c(c3)sc3ccccc34)NC(c3ccc4c(c3)sc3ccccc34)N2)ccc2c1oc1ccccc12. The van der Waals surface area contributed by atoms with Gasteiger partial charge < -0.3 is 14.3 Å². The molecule has 0 radical (unpaired) electrons. The summed E-state index contributed by atoms with van der Waals surface area (Å²) in [7, 11) is 0. The maximum atomic E-state index is 7.07. The number of hydrogen-bond donors (Lipinski definition) is 2. The molecule has 0 saturated carbocycles. The van der Waals surface area contributed by atoms with Crippen molar-refractivity contribution in [2.75, 3.05) is 0 Å².